The van der Waals surface area contributed by atoms with Crippen LogP contribution >= 0.6 is 11.6 Å². The average molecular weight is 248 g/mol. The van der Waals surface area contributed by atoms with Crippen LogP contribution in [0.5, 0.6) is 0 Å². The van der Waals surface area contributed by atoms with Crippen molar-refractivity contribution < 1.29 is 0 Å². The molecule has 88 valence electrons. The minimum Gasteiger partial charge on any atom is -0.328 e. The maximum absolute atomic E-state index is 5.68. The predicted octanol–water partition coefficient (Wildman–Crippen LogP) is 3.29. The second-order valence-electron chi connectivity index (χ2n) is 3.86. The van der Waals surface area contributed by atoms with Gasteiger partial charge in [-0.2, -0.15) is 5.10 Å². The van der Waals surface area contributed by atoms with Gasteiger partial charge in [-0.1, -0.05) is 18.2 Å². The number of anilines is 2. The number of aromatic nitrogens is 2. The van der Waals surface area contributed by atoms with Crippen molar-refractivity contribution in [1.82, 2.24) is 10.2 Å². The van der Waals surface area contributed by atoms with Crippen molar-refractivity contribution >= 4 is 23.1 Å². The summed E-state index contributed by atoms with van der Waals surface area (Å²) < 4.78 is 0. The highest BCUT2D eigenvalue weighted by atomic mass is 35.5. The van der Waals surface area contributed by atoms with Gasteiger partial charge >= 0.3 is 0 Å². The summed E-state index contributed by atoms with van der Waals surface area (Å²) in [6.45, 7) is 2.08. The number of aryl methyl sites for hydroxylation is 1. The topological polar surface area (TPSA) is 29.0 Å². The molecule has 0 atom stereocenters. The van der Waals surface area contributed by atoms with E-state index in [0.29, 0.717) is 5.88 Å². The number of hydrogen-bond donors (Lipinski definition) is 0. The molecule has 1 aromatic carbocycles. The average Bonchev–Trinajstić information content (AvgIpc) is 2.39. The van der Waals surface area contributed by atoms with Crippen molar-refractivity contribution in [2.24, 2.45) is 0 Å². The number of nitrogens with zero attached hydrogens (tertiary/aromatic N) is 3. The van der Waals surface area contributed by atoms with Gasteiger partial charge in [0.15, 0.2) is 5.82 Å². The Kier molecular flexibility index (Phi) is 3.59. The monoisotopic (exact) mass is 247 g/mol. The number of para-hydroxylation sites is 1. The van der Waals surface area contributed by atoms with Crippen molar-refractivity contribution in [1.29, 1.82) is 0 Å². The molecule has 4 heteroatoms. The number of hydrogen-bond acceptors (Lipinski definition) is 3. The van der Waals surface area contributed by atoms with Crippen LogP contribution in [0.2, 0.25) is 0 Å². The van der Waals surface area contributed by atoms with Gasteiger partial charge in [0, 0.05) is 12.7 Å². The van der Waals surface area contributed by atoms with Gasteiger partial charge in [0.05, 0.1) is 11.6 Å². The van der Waals surface area contributed by atoms with Crippen LogP contribution in [0.25, 0.3) is 0 Å². The van der Waals surface area contributed by atoms with Gasteiger partial charge in [0.1, 0.15) is 0 Å². The van der Waals surface area contributed by atoms with E-state index in [9.17, 15) is 0 Å². The summed E-state index contributed by atoms with van der Waals surface area (Å²) in [5.41, 5.74) is 3.12. The molecule has 0 spiro atoms. The van der Waals surface area contributed by atoms with Crippen LogP contribution in [-0.4, -0.2) is 17.2 Å². The lowest BCUT2D eigenvalue weighted by atomic mass is 10.2. The van der Waals surface area contributed by atoms with Gasteiger partial charge in [0.25, 0.3) is 0 Å². The number of alkyl halides is 1. The number of rotatable bonds is 3. The van der Waals surface area contributed by atoms with Crippen LogP contribution in [0.1, 0.15) is 11.3 Å². The van der Waals surface area contributed by atoms with Crippen LogP contribution < -0.4 is 4.90 Å². The maximum atomic E-state index is 5.68. The Hall–Kier alpha value is -1.61. The Labute approximate surface area is 106 Å². The molecule has 0 bridgehead atoms. The van der Waals surface area contributed by atoms with Gasteiger partial charge in [0.2, 0.25) is 0 Å². The molecular formula is C13H14ClN3. The van der Waals surface area contributed by atoms with Gasteiger partial charge in [-0.15, -0.1) is 16.7 Å². The van der Waals surface area contributed by atoms with E-state index < -0.39 is 0 Å². The van der Waals surface area contributed by atoms with Crippen LogP contribution in [0, 0.1) is 6.92 Å². The molecule has 1 aromatic heterocycles. The number of halogens is 1. The molecule has 3 nitrogen and oxygen atoms in total. The highest BCUT2D eigenvalue weighted by Crippen LogP contribution is 2.24. The Bertz CT molecular complexity index is 496. The molecular weight excluding hydrogens is 234 g/mol. The van der Waals surface area contributed by atoms with E-state index in [4.69, 9.17) is 11.6 Å². The van der Waals surface area contributed by atoms with E-state index in [1.54, 1.807) is 0 Å². The summed E-state index contributed by atoms with van der Waals surface area (Å²) in [7, 11) is 1.98. The van der Waals surface area contributed by atoms with Crippen LogP contribution in [0.4, 0.5) is 11.5 Å². The Morgan fingerprint density at radius 3 is 2.47 bits per heavy atom. The molecule has 0 fully saturated rings. The van der Waals surface area contributed by atoms with E-state index >= 15 is 0 Å². The molecule has 1 heterocycles. The first-order chi connectivity index (χ1) is 8.22. The first-order valence-electron chi connectivity index (χ1n) is 5.40. The molecule has 0 aliphatic rings. The lowest BCUT2D eigenvalue weighted by molar-refractivity contribution is 0.941. The molecule has 0 aliphatic heterocycles. The molecule has 17 heavy (non-hydrogen) atoms. The normalized spacial score (nSPS) is 10.3. The summed E-state index contributed by atoms with van der Waals surface area (Å²) in [6, 6.07) is 12.0. The summed E-state index contributed by atoms with van der Waals surface area (Å²) in [6.07, 6.45) is 0. The molecule has 0 aliphatic carbocycles. The van der Waals surface area contributed by atoms with Crippen molar-refractivity contribution in [3.8, 4) is 0 Å². The fourth-order valence-corrected chi connectivity index (χ4v) is 1.81. The lowest BCUT2D eigenvalue weighted by Crippen LogP contribution is -2.13. The van der Waals surface area contributed by atoms with Crippen molar-refractivity contribution in [3.63, 3.8) is 0 Å². The molecule has 0 radical (unpaired) electrons. The Balaban J connectivity index is 2.30. The Morgan fingerprint density at radius 1 is 1.12 bits per heavy atom. The third-order valence-corrected chi connectivity index (χ3v) is 2.94. The van der Waals surface area contributed by atoms with Gasteiger partial charge in [-0.25, -0.2) is 0 Å². The fourth-order valence-electron chi connectivity index (χ4n) is 1.67. The minimum absolute atomic E-state index is 0.390. The highest BCUT2D eigenvalue weighted by Gasteiger charge is 2.07. The standard InChI is InChI=1S/C13H14ClN3/c1-10-5-3-4-6-12(10)17(2)13-8-7-11(9-14)15-16-13/h3-8H,9H2,1-2H3. The van der Waals surface area contributed by atoms with Crippen LogP contribution in [-0.2, 0) is 5.88 Å². The molecule has 2 aromatic rings. The van der Waals surface area contributed by atoms with E-state index in [2.05, 4.69) is 29.3 Å². The predicted molar refractivity (Wildman–Crippen MR) is 70.8 cm³/mol. The van der Waals surface area contributed by atoms with Gasteiger partial charge in [-0.3, -0.25) is 0 Å². The third kappa shape index (κ3) is 2.56. The van der Waals surface area contributed by atoms with E-state index in [1.165, 1.54) is 5.56 Å². The molecule has 0 saturated heterocycles. The van der Waals surface area contributed by atoms with E-state index in [-0.39, 0.29) is 0 Å². The van der Waals surface area contributed by atoms with Crippen molar-refractivity contribution in [3.05, 3.63) is 47.7 Å². The second-order valence-corrected chi connectivity index (χ2v) is 4.13. The van der Waals surface area contributed by atoms with Crippen LogP contribution in [0.3, 0.4) is 0 Å². The lowest BCUT2D eigenvalue weighted by Gasteiger charge is -2.19. The first-order valence-corrected chi connectivity index (χ1v) is 5.94. The Morgan fingerprint density at radius 2 is 1.88 bits per heavy atom. The quantitative estimate of drug-likeness (QED) is 0.780. The van der Waals surface area contributed by atoms with Crippen molar-refractivity contribution in [2.75, 3.05) is 11.9 Å². The van der Waals surface area contributed by atoms with E-state index in [0.717, 1.165) is 17.2 Å². The fraction of sp³-hybridized carbons (Fsp3) is 0.231. The zero-order valence-electron chi connectivity index (χ0n) is 9.89. The summed E-state index contributed by atoms with van der Waals surface area (Å²) >= 11 is 5.68. The molecule has 0 N–H and O–H groups in total. The minimum atomic E-state index is 0.390. The maximum Gasteiger partial charge on any atom is 0.155 e. The summed E-state index contributed by atoms with van der Waals surface area (Å²) in [5, 5.41) is 8.21. The summed E-state index contributed by atoms with van der Waals surface area (Å²) in [4.78, 5) is 2.01. The first kappa shape index (κ1) is 11.9. The van der Waals surface area contributed by atoms with Gasteiger partial charge in [-0.05, 0) is 30.7 Å². The van der Waals surface area contributed by atoms with Crippen molar-refractivity contribution in [2.45, 2.75) is 12.8 Å². The zero-order chi connectivity index (χ0) is 12.3. The van der Waals surface area contributed by atoms with E-state index in [1.807, 2.05) is 36.2 Å². The largest absolute Gasteiger partial charge is 0.328 e. The molecule has 2 rings (SSSR count). The smallest absolute Gasteiger partial charge is 0.155 e. The SMILES string of the molecule is Cc1ccccc1N(C)c1ccc(CCl)nn1. The molecule has 0 saturated carbocycles. The van der Waals surface area contributed by atoms with Crippen LogP contribution in [0.15, 0.2) is 36.4 Å². The molecule has 0 unspecified atom stereocenters. The van der Waals surface area contributed by atoms with Gasteiger partial charge < -0.3 is 4.90 Å². The summed E-state index contributed by atoms with van der Waals surface area (Å²) in [5.74, 6) is 1.20. The second kappa shape index (κ2) is 5.15. The zero-order valence-corrected chi connectivity index (χ0v) is 10.6. The third-order valence-electron chi connectivity index (χ3n) is 2.66. The number of benzene rings is 1. The molecule has 0 amide bonds. The highest BCUT2D eigenvalue weighted by molar-refractivity contribution is 6.16.